The molecule has 0 aliphatic carbocycles. The summed E-state index contributed by atoms with van der Waals surface area (Å²) in [5.41, 5.74) is 0.969. The van der Waals surface area contributed by atoms with Gasteiger partial charge in [-0.2, -0.15) is 0 Å². The smallest absolute Gasteiger partial charge is 0.339 e. The molecule has 0 unspecified atom stereocenters. The van der Waals surface area contributed by atoms with Gasteiger partial charge in [0.1, 0.15) is 12.3 Å². The van der Waals surface area contributed by atoms with Crippen molar-refractivity contribution >= 4 is 74.1 Å². The lowest BCUT2D eigenvalue weighted by atomic mass is 10.2. The Balaban J connectivity index is 1.73. The van der Waals surface area contributed by atoms with E-state index in [-0.39, 0.29) is 27.8 Å². The minimum absolute atomic E-state index is 0.0911. The lowest BCUT2D eigenvalue weighted by molar-refractivity contribution is -0.127. The Morgan fingerprint density at radius 2 is 1.97 bits per heavy atom. The van der Waals surface area contributed by atoms with Crippen LogP contribution in [0.1, 0.15) is 22.8 Å². The molecule has 1 heterocycles. The van der Waals surface area contributed by atoms with Crippen LogP contribution in [0.3, 0.4) is 0 Å². The Labute approximate surface area is 207 Å². The lowest BCUT2D eigenvalue weighted by Gasteiger charge is -2.13. The number of halogens is 2. The molecule has 0 radical (unpaired) electrons. The summed E-state index contributed by atoms with van der Waals surface area (Å²) in [5.74, 6) is -1.30. The van der Waals surface area contributed by atoms with E-state index in [4.69, 9.17) is 21.1 Å². The molecule has 2 aromatic rings. The number of amides is 3. The van der Waals surface area contributed by atoms with E-state index in [1.54, 1.807) is 25.1 Å². The van der Waals surface area contributed by atoms with Crippen molar-refractivity contribution in [1.82, 2.24) is 4.90 Å². The molecule has 0 aromatic heterocycles. The van der Waals surface area contributed by atoms with Crippen molar-refractivity contribution in [1.29, 1.82) is 0 Å². The Morgan fingerprint density at radius 3 is 2.67 bits per heavy atom. The Hall–Kier alpha value is -2.82. The number of nitrogens with one attached hydrogen (secondary N) is 1. The molecule has 0 bridgehead atoms. The molecule has 0 saturated carbocycles. The van der Waals surface area contributed by atoms with E-state index < -0.39 is 29.6 Å². The number of rotatable bonds is 7. The predicted molar refractivity (Wildman–Crippen MR) is 129 cm³/mol. The molecule has 1 aliphatic rings. The summed E-state index contributed by atoms with van der Waals surface area (Å²) in [4.78, 5) is 50.6. The summed E-state index contributed by atoms with van der Waals surface area (Å²) in [5, 5.41) is 2.16. The van der Waals surface area contributed by atoms with Gasteiger partial charge in [0, 0.05) is 15.7 Å². The van der Waals surface area contributed by atoms with E-state index in [2.05, 4.69) is 21.2 Å². The van der Waals surface area contributed by atoms with Crippen LogP contribution in [-0.2, 0) is 14.3 Å². The SMILES string of the molecule is CCOC(=O)c1cc(NC(=O)CN2C(=O)S/C(=C/c3cc(Br)ccc3OC)C2=O)ccc1Cl. The number of hydrogen-bond acceptors (Lipinski definition) is 7. The Kier molecular flexibility index (Phi) is 8.17. The second kappa shape index (κ2) is 10.9. The fourth-order valence-corrected chi connectivity index (χ4v) is 4.31. The van der Waals surface area contributed by atoms with Gasteiger partial charge in [0.2, 0.25) is 5.91 Å². The largest absolute Gasteiger partial charge is 0.496 e. The maximum Gasteiger partial charge on any atom is 0.339 e. The van der Waals surface area contributed by atoms with Crippen LogP contribution in [0, 0.1) is 0 Å². The van der Waals surface area contributed by atoms with Crippen molar-refractivity contribution in [2.24, 2.45) is 0 Å². The van der Waals surface area contributed by atoms with E-state index >= 15 is 0 Å². The number of carbonyl (C=O) groups is 4. The number of methoxy groups -OCH3 is 1. The van der Waals surface area contributed by atoms with E-state index in [9.17, 15) is 19.2 Å². The van der Waals surface area contributed by atoms with Gasteiger partial charge in [-0.3, -0.25) is 19.3 Å². The number of hydrogen-bond donors (Lipinski definition) is 1. The van der Waals surface area contributed by atoms with Crippen LogP contribution in [0.15, 0.2) is 45.8 Å². The topological polar surface area (TPSA) is 102 Å². The first kappa shape index (κ1) is 24.8. The standard InChI is InChI=1S/C22H18BrClN2O6S/c1-3-32-21(29)15-10-14(5-6-16(15)24)25-19(27)11-26-20(28)18(33-22(26)30)9-12-8-13(23)4-7-17(12)31-2/h4-10H,3,11H2,1-2H3,(H,25,27)/b18-9+. The van der Waals surface area contributed by atoms with Crippen LogP contribution < -0.4 is 10.1 Å². The van der Waals surface area contributed by atoms with Gasteiger partial charge in [-0.25, -0.2) is 4.79 Å². The van der Waals surface area contributed by atoms with Crippen LogP contribution in [0.4, 0.5) is 10.5 Å². The number of carbonyl (C=O) groups excluding carboxylic acids is 4. The fraction of sp³-hybridized carbons (Fsp3) is 0.182. The maximum atomic E-state index is 12.8. The van der Waals surface area contributed by atoms with Gasteiger partial charge in [0.15, 0.2) is 0 Å². The highest BCUT2D eigenvalue weighted by atomic mass is 79.9. The monoisotopic (exact) mass is 552 g/mol. The van der Waals surface area contributed by atoms with Crippen molar-refractivity contribution < 1.29 is 28.7 Å². The quantitative estimate of drug-likeness (QED) is 0.382. The minimum atomic E-state index is -0.627. The summed E-state index contributed by atoms with van der Waals surface area (Å²) in [6.07, 6.45) is 1.54. The molecule has 2 aromatic carbocycles. The second-order valence-corrected chi connectivity index (χ2v) is 8.93. The number of anilines is 1. The molecule has 33 heavy (non-hydrogen) atoms. The summed E-state index contributed by atoms with van der Waals surface area (Å²) in [6, 6.07) is 9.57. The van der Waals surface area contributed by atoms with Crippen molar-refractivity contribution in [3.05, 3.63) is 61.9 Å². The average molecular weight is 554 g/mol. The molecule has 3 rings (SSSR count). The molecule has 1 N–H and O–H groups in total. The van der Waals surface area contributed by atoms with Gasteiger partial charge in [-0.05, 0) is 61.2 Å². The van der Waals surface area contributed by atoms with Crippen LogP contribution in [-0.4, -0.2) is 48.2 Å². The van der Waals surface area contributed by atoms with Crippen LogP contribution in [0.25, 0.3) is 6.08 Å². The molecule has 0 spiro atoms. The third-order valence-corrected chi connectivity index (χ3v) is 6.13. The molecule has 3 amide bonds. The number of esters is 1. The summed E-state index contributed by atoms with van der Waals surface area (Å²) < 4.78 is 11.0. The van der Waals surface area contributed by atoms with E-state index in [1.807, 2.05) is 0 Å². The van der Waals surface area contributed by atoms with Gasteiger partial charge in [0.05, 0.1) is 29.2 Å². The van der Waals surface area contributed by atoms with Crippen LogP contribution >= 0.6 is 39.3 Å². The van der Waals surface area contributed by atoms with E-state index in [0.29, 0.717) is 11.3 Å². The first-order valence-corrected chi connectivity index (χ1v) is 11.6. The zero-order valence-corrected chi connectivity index (χ0v) is 20.7. The number of benzene rings is 2. The molecule has 1 saturated heterocycles. The van der Waals surface area contributed by atoms with E-state index in [0.717, 1.165) is 21.1 Å². The van der Waals surface area contributed by atoms with Gasteiger partial charge in [-0.1, -0.05) is 27.5 Å². The van der Waals surface area contributed by atoms with Gasteiger partial charge >= 0.3 is 5.97 Å². The highest BCUT2D eigenvalue weighted by molar-refractivity contribution is 9.10. The highest BCUT2D eigenvalue weighted by Crippen LogP contribution is 2.34. The van der Waals surface area contributed by atoms with Gasteiger partial charge in [0.25, 0.3) is 11.1 Å². The highest BCUT2D eigenvalue weighted by Gasteiger charge is 2.36. The van der Waals surface area contributed by atoms with Gasteiger partial charge in [-0.15, -0.1) is 0 Å². The molecular formula is C22H18BrClN2O6S. The first-order chi connectivity index (χ1) is 15.7. The number of ether oxygens (including phenoxy) is 2. The van der Waals surface area contributed by atoms with Crippen LogP contribution in [0.2, 0.25) is 5.02 Å². The van der Waals surface area contributed by atoms with Crippen LogP contribution in [0.5, 0.6) is 5.75 Å². The predicted octanol–water partition coefficient (Wildman–Crippen LogP) is 4.96. The van der Waals surface area contributed by atoms with E-state index in [1.165, 1.54) is 31.4 Å². The van der Waals surface area contributed by atoms with Crippen molar-refractivity contribution in [2.45, 2.75) is 6.92 Å². The molecular weight excluding hydrogens is 536 g/mol. The first-order valence-electron chi connectivity index (χ1n) is 9.59. The Morgan fingerprint density at radius 1 is 1.21 bits per heavy atom. The summed E-state index contributed by atoms with van der Waals surface area (Å²) in [6.45, 7) is 1.34. The number of imide groups is 1. The molecule has 8 nitrogen and oxygen atoms in total. The maximum absolute atomic E-state index is 12.8. The lowest BCUT2D eigenvalue weighted by Crippen LogP contribution is -2.36. The summed E-state index contributed by atoms with van der Waals surface area (Å²) in [7, 11) is 1.50. The van der Waals surface area contributed by atoms with Crippen molar-refractivity contribution in [3.8, 4) is 5.75 Å². The Bertz CT molecular complexity index is 1170. The zero-order valence-electron chi connectivity index (χ0n) is 17.5. The molecule has 1 fully saturated rings. The molecule has 11 heteroatoms. The minimum Gasteiger partial charge on any atom is -0.496 e. The summed E-state index contributed by atoms with van der Waals surface area (Å²) >= 11 is 10.1. The zero-order chi connectivity index (χ0) is 24.1. The third kappa shape index (κ3) is 5.95. The van der Waals surface area contributed by atoms with Gasteiger partial charge < -0.3 is 14.8 Å². The van der Waals surface area contributed by atoms with Crippen molar-refractivity contribution in [3.63, 3.8) is 0 Å². The fourth-order valence-electron chi connectivity index (χ4n) is 2.91. The molecule has 0 atom stereocenters. The third-order valence-electron chi connectivity index (χ3n) is 4.40. The molecule has 1 aliphatic heterocycles. The second-order valence-electron chi connectivity index (χ2n) is 6.62. The number of nitrogens with zero attached hydrogens (tertiary/aromatic N) is 1. The van der Waals surface area contributed by atoms with Crippen molar-refractivity contribution in [2.75, 3.05) is 25.6 Å². The molecule has 172 valence electrons. The normalized spacial score (nSPS) is 14.5. The average Bonchev–Trinajstić information content (AvgIpc) is 3.02. The number of thioether (sulfide) groups is 1.